The number of amides is 2. The number of hydrogen-bond acceptors (Lipinski definition) is 5. The van der Waals surface area contributed by atoms with Crippen LogP contribution in [-0.4, -0.2) is 16.7 Å². The van der Waals surface area contributed by atoms with Gasteiger partial charge in [-0.1, -0.05) is 18.2 Å². The Labute approximate surface area is 166 Å². The van der Waals surface area contributed by atoms with Crippen LogP contribution in [0.15, 0.2) is 60.7 Å². The Balaban J connectivity index is 1.64. The zero-order valence-corrected chi connectivity index (χ0v) is 15.7. The van der Waals surface area contributed by atoms with Crippen LogP contribution in [0.2, 0.25) is 0 Å². The molecule has 2 amide bonds. The minimum absolute atomic E-state index is 0.0277. The number of anilines is 1. The predicted octanol–water partition coefficient (Wildman–Crippen LogP) is 4.80. The van der Waals surface area contributed by atoms with E-state index in [4.69, 9.17) is 4.74 Å². The van der Waals surface area contributed by atoms with Crippen LogP contribution in [0.1, 0.15) is 31.8 Å². The minimum atomic E-state index is -0.708. The first-order valence-corrected chi connectivity index (χ1v) is 8.89. The quantitative estimate of drug-likeness (QED) is 0.364. The average Bonchev–Trinajstić information content (AvgIpc) is 2.97. The van der Waals surface area contributed by atoms with Crippen LogP contribution in [0.5, 0.6) is 11.5 Å². The summed E-state index contributed by atoms with van der Waals surface area (Å²) in [6.45, 7) is 3.96. The van der Waals surface area contributed by atoms with Gasteiger partial charge in [-0.05, 0) is 61.4 Å². The molecule has 7 heteroatoms. The van der Waals surface area contributed by atoms with Crippen molar-refractivity contribution in [3.63, 3.8) is 0 Å². The fourth-order valence-electron chi connectivity index (χ4n) is 3.28. The van der Waals surface area contributed by atoms with Gasteiger partial charge in [0.1, 0.15) is 17.1 Å². The molecule has 0 bridgehead atoms. The minimum Gasteiger partial charge on any atom is -0.457 e. The lowest BCUT2D eigenvalue weighted by Gasteiger charge is -2.15. The summed E-state index contributed by atoms with van der Waals surface area (Å²) in [5, 5.41) is 11.2. The van der Waals surface area contributed by atoms with Crippen LogP contribution in [0, 0.1) is 24.0 Å². The molecular formula is C22H16N2O5. The Kier molecular flexibility index (Phi) is 4.35. The van der Waals surface area contributed by atoms with Gasteiger partial charge in [0, 0.05) is 6.07 Å². The van der Waals surface area contributed by atoms with Gasteiger partial charge in [0.05, 0.1) is 16.2 Å². The maximum absolute atomic E-state index is 12.8. The first-order valence-electron chi connectivity index (χ1n) is 8.89. The highest BCUT2D eigenvalue weighted by Crippen LogP contribution is 2.35. The molecule has 1 aliphatic rings. The number of ether oxygens (including phenoxy) is 1. The lowest BCUT2D eigenvalue weighted by molar-refractivity contribution is -0.385. The van der Waals surface area contributed by atoms with Crippen molar-refractivity contribution in [2.24, 2.45) is 0 Å². The molecule has 3 aromatic carbocycles. The van der Waals surface area contributed by atoms with Crippen LogP contribution in [0.25, 0.3) is 0 Å². The number of nitrogens with zero attached hydrogens (tertiary/aromatic N) is 2. The molecule has 0 aliphatic carbocycles. The number of nitro benzene ring substituents is 1. The number of hydrogen-bond donors (Lipinski definition) is 0. The molecule has 0 spiro atoms. The fourth-order valence-corrected chi connectivity index (χ4v) is 3.28. The maximum Gasteiger partial charge on any atom is 0.283 e. The summed E-state index contributed by atoms with van der Waals surface area (Å²) in [7, 11) is 0. The molecule has 0 fully saturated rings. The molecule has 0 saturated heterocycles. The van der Waals surface area contributed by atoms with E-state index < -0.39 is 16.7 Å². The monoisotopic (exact) mass is 388 g/mol. The molecule has 144 valence electrons. The number of imide groups is 1. The summed E-state index contributed by atoms with van der Waals surface area (Å²) in [5.74, 6) is -0.0310. The summed E-state index contributed by atoms with van der Waals surface area (Å²) >= 11 is 0. The van der Waals surface area contributed by atoms with Crippen molar-refractivity contribution in [1.82, 2.24) is 0 Å². The van der Waals surface area contributed by atoms with Gasteiger partial charge < -0.3 is 4.74 Å². The number of nitro groups is 1. The Morgan fingerprint density at radius 2 is 1.59 bits per heavy atom. The third-order valence-corrected chi connectivity index (χ3v) is 4.97. The van der Waals surface area contributed by atoms with E-state index in [-0.39, 0.29) is 16.8 Å². The second-order valence-corrected chi connectivity index (χ2v) is 6.70. The molecule has 0 radical (unpaired) electrons. The number of benzene rings is 3. The number of aryl methyl sites for hydroxylation is 1. The molecule has 1 aliphatic heterocycles. The van der Waals surface area contributed by atoms with Crippen LogP contribution in [0.3, 0.4) is 0 Å². The summed E-state index contributed by atoms with van der Waals surface area (Å²) in [5.41, 5.74) is 1.91. The van der Waals surface area contributed by atoms with Gasteiger partial charge in [0.25, 0.3) is 17.5 Å². The van der Waals surface area contributed by atoms with E-state index >= 15 is 0 Å². The second-order valence-electron chi connectivity index (χ2n) is 6.70. The zero-order chi connectivity index (χ0) is 20.7. The molecular weight excluding hydrogens is 372 g/mol. The molecule has 0 aromatic heterocycles. The lowest BCUT2D eigenvalue weighted by Crippen LogP contribution is -2.29. The van der Waals surface area contributed by atoms with E-state index in [1.165, 1.54) is 18.2 Å². The Hall–Kier alpha value is -4.00. The van der Waals surface area contributed by atoms with Crippen LogP contribution < -0.4 is 9.64 Å². The van der Waals surface area contributed by atoms with Gasteiger partial charge in [0.2, 0.25) is 0 Å². The van der Waals surface area contributed by atoms with Gasteiger partial charge in [-0.2, -0.15) is 0 Å². The topological polar surface area (TPSA) is 89.8 Å². The molecule has 0 unspecified atom stereocenters. The van der Waals surface area contributed by atoms with E-state index in [0.29, 0.717) is 17.2 Å². The molecule has 4 rings (SSSR count). The van der Waals surface area contributed by atoms with E-state index in [0.717, 1.165) is 16.0 Å². The molecule has 0 N–H and O–H groups in total. The van der Waals surface area contributed by atoms with E-state index in [1.54, 1.807) is 24.3 Å². The van der Waals surface area contributed by atoms with E-state index in [1.807, 2.05) is 32.0 Å². The molecule has 0 saturated carbocycles. The molecule has 3 aromatic rings. The van der Waals surface area contributed by atoms with Crippen molar-refractivity contribution in [2.45, 2.75) is 13.8 Å². The zero-order valence-electron chi connectivity index (χ0n) is 15.7. The first kappa shape index (κ1) is 18.4. The van der Waals surface area contributed by atoms with Gasteiger partial charge in [-0.25, -0.2) is 4.90 Å². The molecule has 1 heterocycles. The summed E-state index contributed by atoms with van der Waals surface area (Å²) in [6.07, 6.45) is 0. The van der Waals surface area contributed by atoms with Gasteiger partial charge in [-0.3, -0.25) is 19.7 Å². The Morgan fingerprint density at radius 3 is 2.28 bits per heavy atom. The van der Waals surface area contributed by atoms with Crippen LogP contribution >= 0.6 is 0 Å². The molecule has 7 nitrogen and oxygen atoms in total. The van der Waals surface area contributed by atoms with E-state index in [2.05, 4.69) is 0 Å². The normalized spacial score (nSPS) is 12.8. The maximum atomic E-state index is 12.8. The number of carbonyl (C=O) groups excluding carboxylic acids is 2. The molecule has 29 heavy (non-hydrogen) atoms. The number of carbonyl (C=O) groups is 2. The SMILES string of the molecule is Cc1cccc(Oc2ccc(N3C(=O)c4cccc([N+](=O)[O-])c4C3=O)cc2)c1C. The second kappa shape index (κ2) is 6.87. The smallest absolute Gasteiger partial charge is 0.283 e. The van der Waals surface area contributed by atoms with Crippen molar-refractivity contribution in [3.05, 3.63) is 93.0 Å². The Bertz CT molecular complexity index is 1170. The Morgan fingerprint density at radius 1 is 0.897 bits per heavy atom. The molecule has 0 atom stereocenters. The van der Waals surface area contributed by atoms with Gasteiger partial charge >= 0.3 is 0 Å². The van der Waals surface area contributed by atoms with Crippen LogP contribution in [0.4, 0.5) is 11.4 Å². The summed E-state index contributed by atoms with van der Waals surface area (Å²) in [4.78, 5) is 37.0. The van der Waals surface area contributed by atoms with Crippen molar-refractivity contribution in [1.29, 1.82) is 0 Å². The van der Waals surface area contributed by atoms with E-state index in [9.17, 15) is 19.7 Å². The first-order chi connectivity index (χ1) is 13.9. The van der Waals surface area contributed by atoms with Crippen molar-refractivity contribution < 1.29 is 19.2 Å². The standard InChI is InChI=1S/C22H16N2O5/c1-13-5-3-8-19(14(13)2)29-16-11-9-15(10-12-16)23-21(25)17-6-4-7-18(24(27)28)20(17)22(23)26/h3-12H,1-2H3. The highest BCUT2D eigenvalue weighted by molar-refractivity contribution is 6.35. The highest BCUT2D eigenvalue weighted by atomic mass is 16.6. The summed E-state index contributed by atoms with van der Waals surface area (Å²) in [6, 6.07) is 16.2. The number of fused-ring (bicyclic) bond motifs is 1. The van der Waals surface area contributed by atoms with Crippen molar-refractivity contribution >= 4 is 23.2 Å². The third-order valence-electron chi connectivity index (χ3n) is 4.97. The van der Waals surface area contributed by atoms with Gasteiger partial charge in [0.15, 0.2) is 0 Å². The number of rotatable bonds is 4. The van der Waals surface area contributed by atoms with Crippen molar-refractivity contribution in [3.8, 4) is 11.5 Å². The highest BCUT2D eigenvalue weighted by Gasteiger charge is 2.41. The fraction of sp³-hybridized carbons (Fsp3) is 0.0909. The van der Waals surface area contributed by atoms with Crippen molar-refractivity contribution in [2.75, 3.05) is 4.90 Å². The predicted molar refractivity (Wildman–Crippen MR) is 107 cm³/mol. The lowest BCUT2D eigenvalue weighted by atomic mass is 10.1. The summed E-state index contributed by atoms with van der Waals surface area (Å²) < 4.78 is 5.90. The van der Waals surface area contributed by atoms with Crippen LogP contribution in [-0.2, 0) is 0 Å². The van der Waals surface area contributed by atoms with Gasteiger partial charge in [-0.15, -0.1) is 0 Å². The average molecular weight is 388 g/mol. The largest absolute Gasteiger partial charge is 0.457 e. The third kappa shape index (κ3) is 3.02.